The van der Waals surface area contributed by atoms with E-state index in [0.29, 0.717) is 0 Å². The number of rotatable bonds is 3. The predicted molar refractivity (Wildman–Crippen MR) is 36.0 cm³/mol. The molecule has 1 aromatic rings. The Balaban J connectivity index is 3.13. The second-order valence-corrected chi connectivity index (χ2v) is 2.31. The van der Waals surface area contributed by atoms with Gasteiger partial charge in [-0.2, -0.15) is 8.78 Å². The molecule has 0 atom stereocenters. The number of carbonyl (C=O) groups is 1. The summed E-state index contributed by atoms with van der Waals surface area (Å²) in [5.74, 6) is 0. The summed E-state index contributed by atoms with van der Waals surface area (Å²) in [5, 5.41) is 0. The molecule has 0 aromatic carbocycles. The minimum absolute atomic E-state index is 0.0509. The molecule has 13 heavy (non-hydrogen) atoms. The fourth-order valence-electron chi connectivity index (χ4n) is 0.867. The Bertz CT molecular complexity index is 307. The van der Waals surface area contributed by atoms with E-state index < -0.39 is 18.2 Å². The number of halogens is 4. The van der Waals surface area contributed by atoms with E-state index in [4.69, 9.17) is 0 Å². The second-order valence-electron chi connectivity index (χ2n) is 2.31. The number of hydrogen-bond donors (Lipinski definition) is 0. The third kappa shape index (κ3) is 1.56. The molecule has 0 amide bonds. The van der Waals surface area contributed by atoms with E-state index in [1.807, 2.05) is 0 Å². The Morgan fingerprint density at radius 1 is 1.46 bits per heavy atom. The van der Waals surface area contributed by atoms with Crippen LogP contribution in [0, 0.1) is 0 Å². The zero-order valence-corrected chi connectivity index (χ0v) is 6.25. The van der Waals surface area contributed by atoms with Crippen molar-refractivity contribution in [1.29, 1.82) is 0 Å². The summed E-state index contributed by atoms with van der Waals surface area (Å²) < 4.78 is 48.8. The van der Waals surface area contributed by atoms with Crippen LogP contribution in [0.3, 0.4) is 0 Å². The molecule has 0 N–H and O–H groups in total. The molecule has 1 aromatic heterocycles. The van der Waals surface area contributed by atoms with Gasteiger partial charge in [0, 0.05) is 6.20 Å². The van der Waals surface area contributed by atoms with Crippen LogP contribution in [-0.2, 0) is 6.05 Å². The molecule has 0 aliphatic carbocycles. The maximum Gasteiger partial charge on any atom is 0.389 e. The largest absolute Gasteiger partial charge is 0.389 e. The smallest absolute Gasteiger partial charge is 0.296 e. The van der Waals surface area contributed by atoms with E-state index in [1.165, 1.54) is 0 Å². The summed E-state index contributed by atoms with van der Waals surface area (Å²) in [6.07, 6.45) is -3.01. The molecule has 0 saturated carbocycles. The monoisotopic (exact) mass is 195 g/mol. The quantitative estimate of drug-likeness (QED) is 0.534. The van der Waals surface area contributed by atoms with Crippen LogP contribution in [0.15, 0.2) is 18.3 Å². The van der Waals surface area contributed by atoms with Gasteiger partial charge < -0.3 is 0 Å². The van der Waals surface area contributed by atoms with E-state index in [0.717, 1.165) is 18.3 Å². The molecule has 0 saturated heterocycles. The first-order chi connectivity index (χ1) is 6.00. The van der Waals surface area contributed by atoms with Crippen LogP contribution < -0.4 is 0 Å². The summed E-state index contributed by atoms with van der Waals surface area (Å²) in [6, 6.07) is -2.21. The number of hydrogen-bond acceptors (Lipinski definition) is 1. The van der Waals surface area contributed by atoms with Crippen LogP contribution in [0.1, 0.15) is 10.5 Å². The lowest BCUT2D eigenvalue weighted by Gasteiger charge is -2.17. The van der Waals surface area contributed by atoms with Crippen molar-refractivity contribution >= 4 is 6.29 Å². The van der Waals surface area contributed by atoms with Gasteiger partial charge in [-0.05, 0) is 12.1 Å². The molecule has 0 radical (unpaired) electrons. The lowest BCUT2D eigenvalue weighted by molar-refractivity contribution is -0.189. The molecular formula is C7H5F4NO. The zero-order valence-electron chi connectivity index (χ0n) is 6.25. The molecule has 1 rings (SSSR count). The topological polar surface area (TPSA) is 22.0 Å². The van der Waals surface area contributed by atoms with Crippen molar-refractivity contribution in [3.8, 4) is 0 Å². The van der Waals surface area contributed by atoms with E-state index in [-0.39, 0.29) is 10.9 Å². The minimum Gasteiger partial charge on any atom is -0.296 e. The van der Waals surface area contributed by atoms with E-state index in [1.54, 1.807) is 0 Å². The average Bonchev–Trinajstić information content (AvgIpc) is 2.51. The van der Waals surface area contributed by atoms with Crippen molar-refractivity contribution in [2.45, 2.75) is 12.5 Å². The maximum atomic E-state index is 12.6. The van der Waals surface area contributed by atoms with E-state index in [9.17, 15) is 22.4 Å². The molecule has 0 aliphatic heterocycles. The molecule has 0 aliphatic rings. The van der Waals surface area contributed by atoms with E-state index >= 15 is 0 Å². The van der Waals surface area contributed by atoms with Crippen molar-refractivity contribution in [2.75, 3.05) is 0 Å². The van der Waals surface area contributed by atoms with Crippen LogP contribution in [0.2, 0.25) is 0 Å². The van der Waals surface area contributed by atoms with Gasteiger partial charge in [0.05, 0.1) is 5.69 Å². The molecule has 6 heteroatoms. The second kappa shape index (κ2) is 3.20. The van der Waals surface area contributed by atoms with Crippen LogP contribution in [0.25, 0.3) is 0 Å². The maximum absolute atomic E-state index is 12.6. The molecule has 72 valence electrons. The van der Waals surface area contributed by atoms with Gasteiger partial charge in [0.15, 0.2) is 6.29 Å². The molecule has 0 fully saturated rings. The van der Waals surface area contributed by atoms with Crippen LogP contribution in [0.5, 0.6) is 0 Å². The van der Waals surface area contributed by atoms with Crippen molar-refractivity contribution in [3.63, 3.8) is 0 Å². The summed E-state index contributed by atoms with van der Waals surface area (Å²) in [7, 11) is 0. The first-order valence-electron chi connectivity index (χ1n) is 3.29. The number of nitrogens with zero attached hydrogens (tertiary/aromatic N) is 1. The van der Waals surface area contributed by atoms with Gasteiger partial charge in [0.1, 0.15) is 0 Å². The molecular weight excluding hydrogens is 190 g/mol. The first kappa shape index (κ1) is 9.76. The number of aromatic nitrogens is 1. The molecule has 0 bridgehead atoms. The van der Waals surface area contributed by atoms with Crippen LogP contribution in [0.4, 0.5) is 17.6 Å². The first-order valence-corrected chi connectivity index (χ1v) is 3.29. The zero-order chi connectivity index (χ0) is 10.1. The summed E-state index contributed by atoms with van der Waals surface area (Å²) in [5.41, 5.74) is -0.481. The molecule has 0 spiro atoms. The highest BCUT2D eigenvalue weighted by Crippen LogP contribution is 2.29. The lowest BCUT2D eigenvalue weighted by atomic mass is 10.4. The fourth-order valence-corrected chi connectivity index (χ4v) is 0.867. The van der Waals surface area contributed by atoms with Crippen molar-refractivity contribution in [3.05, 3.63) is 24.0 Å². The molecule has 1 heterocycles. The highest BCUT2D eigenvalue weighted by Gasteiger charge is 2.43. The lowest BCUT2D eigenvalue weighted by Crippen LogP contribution is -2.32. The third-order valence-corrected chi connectivity index (χ3v) is 1.48. The Morgan fingerprint density at radius 2 is 2.08 bits per heavy atom. The molecule has 2 nitrogen and oxygen atoms in total. The number of carbonyl (C=O) groups excluding carboxylic acids is 1. The van der Waals surface area contributed by atoms with Crippen molar-refractivity contribution in [1.82, 2.24) is 4.57 Å². The summed E-state index contributed by atoms with van der Waals surface area (Å²) >= 11 is 0. The number of alkyl halides is 4. The Hall–Kier alpha value is -1.33. The summed E-state index contributed by atoms with van der Waals surface area (Å²) in [4.78, 5) is 10.2. The van der Waals surface area contributed by atoms with Gasteiger partial charge in [0.25, 0.3) is 0 Å². The molecule has 0 unspecified atom stereocenters. The van der Waals surface area contributed by atoms with Gasteiger partial charge in [0.2, 0.25) is 0 Å². The minimum atomic E-state index is -4.33. The number of aldehydes is 1. The van der Waals surface area contributed by atoms with Gasteiger partial charge >= 0.3 is 12.5 Å². The SMILES string of the molecule is O=Cc1cccn1C(F)(F)C(F)F. The normalized spacial score (nSPS) is 12.1. The van der Waals surface area contributed by atoms with Gasteiger partial charge in [-0.25, -0.2) is 8.78 Å². The summed E-state index contributed by atoms with van der Waals surface area (Å²) in [6.45, 7) is 0. The highest BCUT2D eigenvalue weighted by molar-refractivity contribution is 5.72. The Morgan fingerprint density at radius 3 is 2.54 bits per heavy atom. The predicted octanol–water partition coefficient (Wildman–Crippen LogP) is 2.12. The van der Waals surface area contributed by atoms with Crippen LogP contribution >= 0.6 is 0 Å². The van der Waals surface area contributed by atoms with Gasteiger partial charge in [-0.3, -0.25) is 9.36 Å². The fraction of sp³-hybridized carbons (Fsp3) is 0.286. The van der Waals surface area contributed by atoms with Crippen LogP contribution in [-0.4, -0.2) is 17.3 Å². The standard InChI is InChI=1S/C7H5F4NO/c8-6(9)7(10,11)12-3-1-2-5(12)4-13/h1-4,6H. The Labute approximate surface area is 70.8 Å². The van der Waals surface area contributed by atoms with E-state index in [2.05, 4.69) is 0 Å². The average molecular weight is 195 g/mol. The van der Waals surface area contributed by atoms with Gasteiger partial charge in [-0.15, -0.1) is 0 Å². The Kier molecular flexibility index (Phi) is 2.40. The van der Waals surface area contributed by atoms with Gasteiger partial charge in [-0.1, -0.05) is 0 Å². The van der Waals surface area contributed by atoms with Crippen molar-refractivity contribution < 1.29 is 22.4 Å². The van der Waals surface area contributed by atoms with Crippen molar-refractivity contribution in [2.24, 2.45) is 0 Å². The third-order valence-electron chi connectivity index (χ3n) is 1.48. The highest BCUT2D eigenvalue weighted by atomic mass is 19.3.